The Hall–Kier alpha value is -3.48. The van der Waals surface area contributed by atoms with Crippen molar-refractivity contribution in [1.82, 2.24) is 25.1 Å². The SMILES string of the molecule is Cc1nn2c(-c3ccccc3NC(=O)NC3CCCCC3)nnc2c2ccccc12. The molecule has 4 aromatic rings. The molecule has 2 amide bonds. The third-order valence-corrected chi connectivity index (χ3v) is 5.81. The number of para-hydroxylation sites is 1. The van der Waals surface area contributed by atoms with Crippen LogP contribution in [0.15, 0.2) is 48.5 Å². The molecule has 0 saturated heterocycles. The molecule has 1 fully saturated rings. The zero-order valence-corrected chi connectivity index (χ0v) is 16.9. The molecule has 5 rings (SSSR count). The molecule has 2 aromatic carbocycles. The molecule has 0 bridgehead atoms. The van der Waals surface area contributed by atoms with Gasteiger partial charge >= 0.3 is 6.03 Å². The third kappa shape index (κ3) is 3.36. The lowest BCUT2D eigenvalue weighted by Gasteiger charge is -2.23. The molecule has 2 heterocycles. The molecule has 0 unspecified atom stereocenters. The Balaban J connectivity index is 1.51. The highest BCUT2D eigenvalue weighted by Gasteiger charge is 2.19. The van der Waals surface area contributed by atoms with E-state index < -0.39 is 0 Å². The number of hydrogen-bond donors (Lipinski definition) is 2. The quantitative estimate of drug-likeness (QED) is 0.522. The molecule has 2 aromatic heterocycles. The average Bonchev–Trinajstić information content (AvgIpc) is 3.19. The first-order valence-corrected chi connectivity index (χ1v) is 10.5. The average molecular weight is 400 g/mol. The molecule has 152 valence electrons. The van der Waals surface area contributed by atoms with Gasteiger partial charge in [0.25, 0.3) is 0 Å². The topological polar surface area (TPSA) is 84.2 Å². The van der Waals surface area contributed by atoms with Gasteiger partial charge in [-0.1, -0.05) is 55.7 Å². The van der Waals surface area contributed by atoms with Crippen molar-refractivity contribution in [2.24, 2.45) is 0 Å². The second kappa shape index (κ2) is 7.74. The summed E-state index contributed by atoms with van der Waals surface area (Å²) in [4.78, 5) is 12.6. The highest BCUT2D eigenvalue weighted by molar-refractivity contribution is 5.97. The van der Waals surface area contributed by atoms with Crippen LogP contribution in [0.1, 0.15) is 37.8 Å². The van der Waals surface area contributed by atoms with Crippen molar-refractivity contribution in [1.29, 1.82) is 0 Å². The normalized spacial score (nSPS) is 14.8. The van der Waals surface area contributed by atoms with Crippen molar-refractivity contribution in [3.05, 3.63) is 54.2 Å². The number of urea groups is 1. The van der Waals surface area contributed by atoms with Crippen molar-refractivity contribution in [2.45, 2.75) is 45.1 Å². The summed E-state index contributed by atoms with van der Waals surface area (Å²) in [5, 5.41) is 21.7. The van der Waals surface area contributed by atoms with Crippen LogP contribution in [0.4, 0.5) is 10.5 Å². The highest BCUT2D eigenvalue weighted by atomic mass is 16.2. The minimum atomic E-state index is -0.183. The van der Waals surface area contributed by atoms with E-state index >= 15 is 0 Å². The van der Waals surface area contributed by atoms with Gasteiger partial charge in [-0.05, 0) is 31.9 Å². The Kier molecular flexibility index (Phi) is 4.78. The number of nitrogens with one attached hydrogen (secondary N) is 2. The molecule has 2 N–H and O–H groups in total. The largest absolute Gasteiger partial charge is 0.335 e. The van der Waals surface area contributed by atoms with E-state index in [4.69, 9.17) is 5.10 Å². The van der Waals surface area contributed by atoms with Crippen LogP contribution < -0.4 is 10.6 Å². The van der Waals surface area contributed by atoms with Crippen LogP contribution in [0.5, 0.6) is 0 Å². The highest BCUT2D eigenvalue weighted by Crippen LogP contribution is 2.29. The molecule has 0 aliphatic heterocycles. The van der Waals surface area contributed by atoms with Gasteiger partial charge in [-0.25, -0.2) is 4.79 Å². The molecular weight excluding hydrogens is 376 g/mol. The lowest BCUT2D eigenvalue weighted by atomic mass is 9.96. The van der Waals surface area contributed by atoms with Crippen LogP contribution in [0.2, 0.25) is 0 Å². The maximum absolute atomic E-state index is 12.6. The number of amides is 2. The summed E-state index contributed by atoms with van der Waals surface area (Å²) in [5.41, 5.74) is 3.07. The third-order valence-electron chi connectivity index (χ3n) is 5.81. The van der Waals surface area contributed by atoms with E-state index in [1.54, 1.807) is 4.52 Å². The molecule has 7 nitrogen and oxygen atoms in total. The molecule has 7 heteroatoms. The van der Waals surface area contributed by atoms with Gasteiger partial charge in [-0.2, -0.15) is 9.61 Å². The first-order chi connectivity index (χ1) is 14.7. The van der Waals surface area contributed by atoms with Gasteiger partial charge in [0, 0.05) is 22.4 Å². The van der Waals surface area contributed by atoms with Crippen molar-refractivity contribution in [3.8, 4) is 11.4 Å². The molecule has 1 aliphatic carbocycles. The number of fused-ring (bicyclic) bond motifs is 3. The van der Waals surface area contributed by atoms with Gasteiger partial charge < -0.3 is 10.6 Å². The fraction of sp³-hybridized carbons (Fsp3) is 0.304. The minimum absolute atomic E-state index is 0.183. The van der Waals surface area contributed by atoms with Gasteiger partial charge in [-0.15, -0.1) is 10.2 Å². The Labute approximate surface area is 174 Å². The summed E-state index contributed by atoms with van der Waals surface area (Å²) in [6.45, 7) is 1.98. The molecule has 1 aliphatic rings. The van der Waals surface area contributed by atoms with Crippen LogP contribution in [-0.4, -0.2) is 31.9 Å². The second-order valence-electron chi connectivity index (χ2n) is 7.87. The van der Waals surface area contributed by atoms with Crippen LogP contribution in [-0.2, 0) is 0 Å². The fourth-order valence-corrected chi connectivity index (χ4v) is 4.29. The summed E-state index contributed by atoms with van der Waals surface area (Å²) in [6, 6.07) is 15.7. The fourth-order valence-electron chi connectivity index (χ4n) is 4.29. The maximum Gasteiger partial charge on any atom is 0.319 e. The van der Waals surface area contributed by atoms with E-state index in [-0.39, 0.29) is 12.1 Å². The van der Waals surface area contributed by atoms with E-state index in [0.29, 0.717) is 17.2 Å². The number of aryl methyl sites for hydroxylation is 1. The van der Waals surface area contributed by atoms with E-state index in [1.165, 1.54) is 19.3 Å². The molecule has 30 heavy (non-hydrogen) atoms. The number of nitrogens with zero attached hydrogens (tertiary/aromatic N) is 4. The predicted molar refractivity (Wildman–Crippen MR) is 117 cm³/mol. The molecule has 0 atom stereocenters. The number of rotatable bonds is 3. The molecule has 0 radical (unpaired) electrons. The maximum atomic E-state index is 12.6. The Bertz CT molecular complexity index is 1230. The van der Waals surface area contributed by atoms with Crippen LogP contribution >= 0.6 is 0 Å². The van der Waals surface area contributed by atoms with Crippen molar-refractivity contribution >= 4 is 28.1 Å². The van der Waals surface area contributed by atoms with Gasteiger partial charge in [-0.3, -0.25) is 0 Å². The predicted octanol–water partition coefficient (Wildman–Crippen LogP) is 4.71. The number of benzene rings is 2. The van der Waals surface area contributed by atoms with Crippen LogP contribution in [0.25, 0.3) is 27.8 Å². The second-order valence-corrected chi connectivity index (χ2v) is 7.87. The number of carbonyl (C=O) groups excluding carboxylic acids is 1. The molecule has 1 saturated carbocycles. The number of carbonyl (C=O) groups is 1. The summed E-state index contributed by atoms with van der Waals surface area (Å²) in [5.74, 6) is 0.604. The summed E-state index contributed by atoms with van der Waals surface area (Å²) < 4.78 is 1.76. The van der Waals surface area contributed by atoms with Crippen LogP contribution in [0.3, 0.4) is 0 Å². The van der Waals surface area contributed by atoms with Gasteiger partial charge in [0.15, 0.2) is 11.5 Å². The summed E-state index contributed by atoms with van der Waals surface area (Å²) >= 11 is 0. The zero-order chi connectivity index (χ0) is 20.5. The van der Waals surface area contributed by atoms with E-state index in [1.807, 2.05) is 55.5 Å². The van der Waals surface area contributed by atoms with Crippen molar-refractivity contribution in [3.63, 3.8) is 0 Å². The van der Waals surface area contributed by atoms with Crippen molar-refractivity contribution in [2.75, 3.05) is 5.32 Å². The number of aromatic nitrogens is 4. The van der Waals surface area contributed by atoms with E-state index in [0.717, 1.165) is 34.9 Å². The lowest BCUT2D eigenvalue weighted by Crippen LogP contribution is -2.39. The van der Waals surface area contributed by atoms with Crippen molar-refractivity contribution < 1.29 is 4.79 Å². The lowest BCUT2D eigenvalue weighted by molar-refractivity contribution is 0.244. The molecule has 0 spiro atoms. The Morgan fingerprint density at radius 2 is 1.70 bits per heavy atom. The minimum Gasteiger partial charge on any atom is -0.335 e. The number of anilines is 1. The first kappa shape index (κ1) is 18.5. The molecular formula is C23H24N6O. The summed E-state index contributed by atoms with van der Waals surface area (Å²) in [7, 11) is 0. The zero-order valence-electron chi connectivity index (χ0n) is 16.9. The van der Waals surface area contributed by atoms with Crippen LogP contribution in [0, 0.1) is 6.92 Å². The first-order valence-electron chi connectivity index (χ1n) is 10.5. The monoisotopic (exact) mass is 400 g/mol. The smallest absolute Gasteiger partial charge is 0.319 e. The van der Waals surface area contributed by atoms with E-state index in [2.05, 4.69) is 20.8 Å². The summed E-state index contributed by atoms with van der Waals surface area (Å²) in [6.07, 6.45) is 5.68. The Morgan fingerprint density at radius 3 is 2.53 bits per heavy atom. The van der Waals surface area contributed by atoms with Gasteiger partial charge in [0.05, 0.1) is 11.4 Å². The van der Waals surface area contributed by atoms with Gasteiger partial charge in [0.1, 0.15) is 0 Å². The number of hydrogen-bond acceptors (Lipinski definition) is 4. The Morgan fingerprint density at radius 1 is 0.967 bits per heavy atom. The van der Waals surface area contributed by atoms with Gasteiger partial charge in [0.2, 0.25) is 0 Å². The van der Waals surface area contributed by atoms with E-state index in [9.17, 15) is 4.79 Å². The standard InChI is InChI=1S/C23H24N6O/c1-15-17-11-5-6-12-18(17)21-26-27-22(29(21)28-15)19-13-7-8-14-20(19)25-23(30)24-16-9-3-2-4-10-16/h5-8,11-14,16H,2-4,9-10H2,1H3,(H2,24,25,30).